The van der Waals surface area contributed by atoms with Crippen LogP contribution in [-0.2, 0) is 4.74 Å². The predicted molar refractivity (Wildman–Crippen MR) is 79.7 cm³/mol. The van der Waals surface area contributed by atoms with E-state index < -0.39 is 5.97 Å². The third kappa shape index (κ3) is 3.40. The number of aromatic nitrogens is 1. The third-order valence-corrected chi connectivity index (χ3v) is 4.06. The van der Waals surface area contributed by atoms with E-state index in [9.17, 15) is 4.79 Å². The van der Waals surface area contributed by atoms with Crippen LogP contribution in [0.2, 0.25) is 0 Å². The van der Waals surface area contributed by atoms with Crippen LogP contribution in [0.1, 0.15) is 49.5 Å². The highest BCUT2D eigenvalue weighted by atomic mass is 16.5. The van der Waals surface area contributed by atoms with Crippen molar-refractivity contribution >= 4 is 17.5 Å². The highest BCUT2D eigenvalue weighted by molar-refractivity contribution is 5.88. The number of ether oxygens (including phenoxy) is 1. The first-order valence-corrected chi connectivity index (χ1v) is 7.13. The summed E-state index contributed by atoms with van der Waals surface area (Å²) in [6, 6.07) is 3.26. The Balaban J connectivity index is 2.06. The SMILES string of the molecule is COC(=O)c1ccc(N)c(NCC2(C)CCCCC2)n1. The van der Waals surface area contributed by atoms with E-state index in [1.807, 2.05) is 0 Å². The molecule has 0 amide bonds. The Morgan fingerprint density at radius 2 is 2.10 bits per heavy atom. The van der Waals surface area contributed by atoms with Gasteiger partial charge in [-0.1, -0.05) is 26.2 Å². The van der Waals surface area contributed by atoms with Gasteiger partial charge in [-0.2, -0.15) is 0 Å². The van der Waals surface area contributed by atoms with Crippen molar-refractivity contribution in [3.8, 4) is 0 Å². The van der Waals surface area contributed by atoms with Crippen molar-refractivity contribution in [1.29, 1.82) is 0 Å². The van der Waals surface area contributed by atoms with E-state index in [0.717, 1.165) is 6.54 Å². The van der Waals surface area contributed by atoms with Crippen LogP contribution in [0.15, 0.2) is 12.1 Å². The Labute approximate surface area is 119 Å². The molecule has 0 saturated heterocycles. The largest absolute Gasteiger partial charge is 0.464 e. The minimum Gasteiger partial charge on any atom is -0.464 e. The summed E-state index contributed by atoms with van der Waals surface area (Å²) >= 11 is 0. The molecule has 0 spiro atoms. The number of nitrogens with one attached hydrogen (secondary N) is 1. The molecule has 110 valence electrons. The van der Waals surface area contributed by atoms with E-state index in [4.69, 9.17) is 5.73 Å². The van der Waals surface area contributed by atoms with Gasteiger partial charge in [-0.25, -0.2) is 9.78 Å². The molecule has 0 unspecified atom stereocenters. The van der Waals surface area contributed by atoms with Gasteiger partial charge in [0.05, 0.1) is 12.8 Å². The lowest BCUT2D eigenvalue weighted by atomic mass is 9.76. The summed E-state index contributed by atoms with van der Waals surface area (Å²) in [5.41, 5.74) is 7.03. The van der Waals surface area contributed by atoms with Gasteiger partial charge in [0.25, 0.3) is 0 Å². The molecule has 0 aliphatic heterocycles. The van der Waals surface area contributed by atoms with Crippen molar-refractivity contribution in [3.63, 3.8) is 0 Å². The van der Waals surface area contributed by atoms with Crippen LogP contribution in [-0.4, -0.2) is 24.6 Å². The number of hydrogen-bond donors (Lipinski definition) is 2. The molecule has 1 aromatic rings. The van der Waals surface area contributed by atoms with Gasteiger partial charge in [0.15, 0.2) is 5.69 Å². The number of methoxy groups -OCH3 is 1. The van der Waals surface area contributed by atoms with E-state index in [1.165, 1.54) is 39.2 Å². The van der Waals surface area contributed by atoms with Crippen molar-refractivity contribution in [2.75, 3.05) is 24.7 Å². The fourth-order valence-corrected chi connectivity index (χ4v) is 2.71. The van der Waals surface area contributed by atoms with Crippen molar-refractivity contribution in [2.45, 2.75) is 39.0 Å². The van der Waals surface area contributed by atoms with Crippen molar-refractivity contribution in [1.82, 2.24) is 4.98 Å². The second kappa shape index (κ2) is 6.11. The summed E-state index contributed by atoms with van der Waals surface area (Å²) < 4.78 is 4.68. The van der Waals surface area contributed by atoms with Crippen LogP contribution in [0.25, 0.3) is 0 Å². The molecule has 0 atom stereocenters. The van der Waals surface area contributed by atoms with Crippen LogP contribution in [0.4, 0.5) is 11.5 Å². The van der Waals surface area contributed by atoms with Crippen LogP contribution in [0.3, 0.4) is 0 Å². The summed E-state index contributed by atoms with van der Waals surface area (Å²) in [7, 11) is 1.34. The van der Waals surface area contributed by atoms with Crippen LogP contribution < -0.4 is 11.1 Å². The number of nitrogen functional groups attached to an aromatic ring is 1. The number of rotatable bonds is 4. The lowest BCUT2D eigenvalue weighted by molar-refractivity contribution is 0.0594. The van der Waals surface area contributed by atoms with Crippen molar-refractivity contribution < 1.29 is 9.53 Å². The fraction of sp³-hybridized carbons (Fsp3) is 0.600. The Bertz CT molecular complexity index is 482. The van der Waals surface area contributed by atoms with Crippen LogP contribution >= 0.6 is 0 Å². The maximum Gasteiger partial charge on any atom is 0.356 e. The van der Waals surface area contributed by atoms with Gasteiger partial charge in [0.2, 0.25) is 0 Å². The van der Waals surface area contributed by atoms with Gasteiger partial charge < -0.3 is 15.8 Å². The first-order chi connectivity index (χ1) is 9.54. The third-order valence-electron chi connectivity index (χ3n) is 4.06. The van der Waals surface area contributed by atoms with Gasteiger partial charge in [0.1, 0.15) is 5.82 Å². The molecular weight excluding hydrogens is 254 g/mol. The summed E-state index contributed by atoms with van der Waals surface area (Å²) in [6.45, 7) is 3.12. The number of carbonyl (C=O) groups is 1. The van der Waals surface area contributed by atoms with E-state index in [0.29, 0.717) is 11.5 Å². The molecule has 0 aromatic carbocycles. The minimum absolute atomic E-state index is 0.276. The maximum atomic E-state index is 11.5. The highest BCUT2D eigenvalue weighted by Gasteiger charge is 2.26. The first kappa shape index (κ1) is 14.6. The molecule has 1 aliphatic rings. The molecule has 1 saturated carbocycles. The minimum atomic E-state index is -0.447. The fourth-order valence-electron chi connectivity index (χ4n) is 2.71. The number of pyridine rings is 1. The van der Waals surface area contributed by atoms with Gasteiger partial charge in [-0.15, -0.1) is 0 Å². The van der Waals surface area contributed by atoms with Gasteiger partial charge in [-0.3, -0.25) is 0 Å². The lowest BCUT2D eigenvalue weighted by Crippen LogP contribution is -2.29. The second-order valence-electron chi connectivity index (χ2n) is 5.85. The van der Waals surface area contributed by atoms with Crippen LogP contribution in [0.5, 0.6) is 0 Å². The summed E-state index contributed by atoms with van der Waals surface area (Å²) in [6.07, 6.45) is 6.33. The number of esters is 1. The molecule has 0 radical (unpaired) electrons. The molecule has 1 fully saturated rings. The predicted octanol–water partition coefficient (Wildman–Crippen LogP) is 2.83. The quantitative estimate of drug-likeness (QED) is 0.827. The van der Waals surface area contributed by atoms with Gasteiger partial charge in [-0.05, 0) is 30.4 Å². The van der Waals surface area contributed by atoms with Crippen molar-refractivity contribution in [2.24, 2.45) is 5.41 Å². The smallest absolute Gasteiger partial charge is 0.356 e. The summed E-state index contributed by atoms with van der Waals surface area (Å²) in [5, 5.41) is 3.30. The number of nitrogens with two attached hydrogens (primary N) is 1. The standard InChI is InChI=1S/C15H23N3O2/c1-15(8-4-3-5-9-15)10-17-13-11(16)6-7-12(18-13)14(19)20-2/h6-7H,3-5,8-10,16H2,1-2H3,(H,17,18). The highest BCUT2D eigenvalue weighted by Crippen LogP contribution is 2.36. The van der Waals surface area contributed by atoms with E-state index in [1.54, 1.807) is 12.1 Å². The number of anilines is 2. The monoisotopic (exact) mass is 277 g/mol. The molecule has 1 heterocycles. The Morgan fingerprint density at radius 1 is 1.40 bits per heavy atom. The Hall–Kier alpha value is -1.78. The van der Waals surface area contributed by atoms with E-state index in [2.05, 4.69) is 22.0 Å². The van der Waals surface area contributed by atoms with Crippen LogP contribution in [0, 0.1) is 5.41 Å². The lowest BCUT2D eigenvalue weighted by Gasteiger charge is -2.34. The molecule has 5 heteroatoms. The zero-order valence-corrected chi connectivity index (χ0v) is 12.2. The average molecular weight is 277 g/mol. The van der Waals surface area contributed by atoms with Crippen molar-refractivity contribution in [3.05, 3.63) is 17.8 Å². The molecule has 2 rings (SSSR count). The number of carbonyl (C=O) groups excluding carboxylic acids is 1. The molecule has 0 bridgehead atoms. The number of nitrogens with zero attached hydrogens (tertiary/aromatic N) is 1. The Kier molecular flexibility index (Phi) is 4.47. The first-order valence-electron chi connectivity index (χ1n) is 7.13. The van der Waals surface area contributed by atoms with Gasteiger partial charge in [0, 0.05) is 6.54 Å². The normalized spacial score (nSPS) is 17.5. The average Bonchev–Trinajstić information content (AvgIpc) is 2.46. The Morgan fingerprint density at radius 3 is 2.75 bits per heavy atom. The topological polar surface area (TPSA) is 77.2 Å². The molecule has 5 nitrogen and oxygen atoms in total. The molecule has 1 aromatic heterocycles. The zero-order chi connectivity index (χ0) is 14.6. The molecule has 3 N–H and O–H groups in total. The summed E-state index contributed by atoms with van der Waals surface area (Å²) in [5.74, 6) is 0.122. The van der Waals surface area contributed by atoms with Gasteiger partial charge >= 0.3 is 5.97 Å². The van der Waals surface area contributed by atoms with E-state index >= 15 is 0 Å². The van der Waals surface area contributed by atoms with E-state index in [-0.39, 0.29) is 11.1 Å². The second-order valence-corrected chi connectivity index (χ2v) is 5.85. The maximum absolute atomic E-state index is 11.5. The molecule has 1 aliphatic carbocycles. The molecular formula is C15H23N3O2. The summed E-state index contributed by atoms with van der Waals surface area (Å²) in [4.78, 5) is 15.7. The molecule has 20 heavy (non-hydrogen) atoms. The zero-order valence-electron chi connectivity index (χ0n) is 12.2. The number of hydrogen-bond acceptors (Lipinski definition) is 5.